The summed E-state index contributed by atoms with van der Waals surface area (Å²) in [6.45, 7) is 0.233. The monoisotopic (exact) mass is 532 g/mol. The zero-order chi connectivity index (χ0) is 24.9. The summed E-state index contributed by atoms with van der Waals surface area (Å²) in [5, 5.41) is 13.1. The van der Waals surface area contributed by atoms with E-state index >= 15 is 0 Å². The van der Waals surface area contributed by atoms with Gasteiger partial charge in [-0.1, -0.05) is 60.4 Å². The molecule has 1 aliphatic heterocycles. The quantitative estimate of drug-likeness (QED) is 0.233. The Bertz CT molecular complexity index is 1410. The van der Waals surface area contributed by atoms with Gasteiger partial charge >= 0.3 is 0 Å². The largest absolute Gasteiger partial charge is 0.420 e. The standard InChI is InChI=1S/C26H20N4O3S3/c31-22(12-13-30-25(32)21(36-26(30)34)16-20-7-4-14-35-20)27-19-10-8-17(9-11-19)15-23-28-29-24(33-23)18-5-2-1-3-6-18/h1-11,14,16H,12-13,15H2,(H,27,31)/b21-16-. The topological polar surface area (TPSA) is 88.3 Å². The van der Waals surface area contributed by atoms with Crippen LogP contribution in [0.1, 0.15) is 22.8 Å². The lowest BCUT2D eigenvalue weighted by Crippen LogP contribution is -2.31. The number of thioether (sulfide) groups is 1. The van der Waals surface area contributed by atoms with Gasteiger partial charge in [-0.15, -0.1) is 21.5 Å². The number of nitrogens with zero attached hydrogens (tertiary/aromatic N) is 3. The molecule has 4 aromatic rings. The highest BCUT2D eigenvalue weighted by atomic mass is 32.2. The Morgan fingerprint density at radius 2 is 1.86 bits per heavy atom. The smallest absolute Gasteiger partial charge is 0.266 e. The number of nitrogens with one attached hydrogen (secondary N) is 1. The molecule has 1 fully saturated rings. The fourth-order valence-electron chi connectivity index (χ4n) is 3.54. The fraction of sp³-hybridized carbons (Fsp3) is 0.115. The van der Waals surface area contributed by atoms with Gasteiger partial charge in [0.05, 0.1) is 11.3 Å². The predicted octanol–water partition coefficient (Wildman–Crippen LogP) is 5.62. The molecule has 1 saturated heterocycles. The van der Waals surface area contributed by atoms with E-state index in [9.17, 15) is 9.59 Å². The molecule has 2 aromatic heterocycles. The Morgan fingerprint density at radius 3 is 2.61 bits per heavy atom. The summed E-state index contributed by atoms with van der Waals surface area (Å²) in [7, 11) is 0. The molecular formula is C26H20N4O3S3. The molecule has 7 nitrogen and oxygen atoms in total. The van der Waals surface area contributed by atoms with Crippen molar-refractivity contribution in [3.05, 3.63) is 93.3 Å². The van der Waals surface area contributed by atoms with Gasteiger partial charge in [0, 0.05) is 29.1 Å². The Hall–Kier alpha value is -3.60. The van der Waals surface area contributed by atoms with Gasteiger partial charge in [0.15, 0.2) is 0 Å². The van der Waals surface area contributed by atoms with Gasteiger partial charge in [0.1, 0.15) is 4.32 Å². The summed E-state index contributed by atoms with van der Waals surface area (Å²) in [4.78, 5) is 28.2. The third-order valence-electron chi connectivity index (χ3n) is 5.33. The van der Waals surface area contributed by atoms with Crippen LogP contribution < -0.4 is 5.32 Å². The van der Waals surface area contributed by atoms with E-state index in [1.807, 2.05) is 78.2 Å². The molecule has 5 rings (SSSR count). The molecule has 0 unspecified atom stereocenters. The minimum absolute atomic E-state index is 0.144. The molecule has 0 radical (unpaired) electrons. The van der Waals surface area contributed by atoms with Crippen LogP contribution in [0.3, 0.4) is 0 Å². The molecule has 36 heavy (non-hydrogen) atoms. The second kappa shape index (κ2) is 11.0. The SMILES string of the molecule is O=C(CCN1C(=O)/C(=C/c2cccs2)SC1=S)Nc1ccc(Cc2nnc(-c3ccccc3)o2)cc1. The number of thiocarbonyl (C=S) groups is 1. The van der Waals surface area contributed by atoms with E-state index in [2.05, 4.69) is 15.5 Å². The Kier molecular flexibility index (Phi) is 7.36. The van der Waals surface area contributed by atoms with Gasteiger partial charge in [-0.05, 0) is 47.4 Å². The summed E-state index contributed by atoms with van der Waals surface area (Å²) >= 11 is 8.17. The van der Waals surface area contributed by atoms with Crippen LogP contribution in [0, 0.1) is 0 Å². The van der Waals surface area contributed by atoms with Crippen molar-refractivity contribution in [2.45, 2.75) is 12.8 Å². The molecule has 0 saturated carbocycles. The van der Waals surface area contributed by atoms with E-state index in [1.165, 1.54) is 16.7 Å². The summed E-state index contributed by atoms with van der Waals surface area (Å²) in [5.74, 6) is 0.649. The molecule has 1 N–H and O–H groups in total. The number of aromatic nitrogens is 2. The average Bonchev–Trinajstić information content (AvgIpc) is 3.62. The van der Waals surface area contributed by atoms with Gasteiger partial charge in [-0.25, -0.2) is 0 Å². The normalized spacial score (nSPS) is 14.6. The van der Waals surface area contributed by atoms with Crippen LogP contribution in [0.15, 0.2) is 81.4 Å². The number of rotatable bonds is 8. The summed E-state index contributed by atoms with van der Waals surface area (Å²) in [6, 6.07) is 20.9. The lowest BCUT2D eigenvalue weighted by molar-refractivity contribution is -0.122. The molecule has 180 valence electrons. The molecule has 0 bridgehead atoms. The van der Waals surface area contributed by atoms with Gasteiger partial charge in [-0.3, -0.25) is 14.5 Å². The van der Waals surface area contributed by atoms with Crippen LogP contribution >= 0.6 is 35.3 Å². The molecule has 0 atom stereocenters. The van der Waals surface area contributed by atoms with Crippen molar-refractivity contribution in [3.63, 3.8) is 0 Å². The number of hydrogen-bond donors (Lipinski definition) is 1. The Morgan fingerprint density at radius 1 is 1.06 bits per heavy atom. The van der Waals surface area contributed by atoms with Gasteiger partial charge in [0.25, 0.3) is 5.91 Å². The van der Waals surface area contributed by atoms with E-state index in [-0.39, 0.29) is 24.8 Å². The van der Waals surface area contributed by atoms with E-state index in [0.29, 0.717) is 33.1 Å². The first-order valence-corrected chi connectivity index (χ1v) is 13.2. The van der Waals surface area contributed by atoms with Crippen molar-refractivity contribution >= 4 is 63.2 Å². The lowest BCUT2D eigenvalue weighted by atomic mass is 10.1. The highest BCUT2D eigenvalue weighted by Crippen LogP contribution is 2.33. The Balaban J connectivity index is 1.12. The van der Waals surface area contributed by atoms with Crippen molar-refractivity contribution in [1.82, 2.24) is 15.1 Å². The molecule has 0 spiro atoms. The molecule has 2 aromatic carbocycles. The molecule has 2 amide bonds. The van der Waals surface area contributed by atoms with Crippen LogP contribution in [0.25, 0.3) is 17.5 Å². The van der Waals surface area contributed by atoms with Crippen LogP contribution in [-0.4, -0.2) is 37.8 Å². The number of anilines is 1. The maximum Gasteiger partial charge on any atom is 0.266 e. The summed E-state index contributed by atoms with van der Waals surface area (Å²) in [6.07, 6.45) is 2.47. The van der Waals surface area contributed by atoms with E-state index in [4.69, 9.17) is 16.6 Å². The van der Waals surface area contributed by atoms with E-state index in [0.717, 1.165) is 16.0 Å². The van der Waals surface area contributed by atoms with Crippen molar-refractivity contribution in [2.24, 2.45) is 0 Å². The van der Waals surface area contributed by atoms with Gasteiger partial charge < -0.3 is 9.73 Å². The highest BCUT2D eigenvalue weighted by Gasteiger charge is 2.32. The Labute approximate surface area is 221 Å². The number of carbonyl (C=O) groups excluding carboxylic acids is 2. The van der Waals surface area contributed by atoms with Crippen LogP contribution in [0.2, 0.25) is 0 Å². The number of carbonyl (C=O) groups is 2. The number of benzene rings is 2. The average molecular weight is 533 g/mol. The summed E-state index contributed by atoms with van der Waals surface area (Å²) < 4.78 is 6.23. The van der Waals surface area contributed by atoms with Crippen molar-refractivity contribution in [3.8, 4) is 11.5 Å². The van der Waals surface area contributed by atoms with Crippen LogP contribution in [0.4, 0.5) is 5.69 Å². The summed E-state index contributed by atoms with van der Waals surface area (Å²) in [5.41, 5.74) is 2.52. The predicted molar refractivity (Wildman–Crippen MR) is 146 cm³/mol. The first-order chi connectivity index (χ1) is 17.5. The van der Waals surface area contributed by atoms with E-state index in [1.54, 1.807) is 11.3 Å². The third-order valence-corrected chi connectivity index (χ3v) is 7.53. The molecule has 10 heteroatoms. The molecule has 3 heterocycles. The third kappa shape index (κ3) is 5.78. The minimum atomic E-state index is -0.191. The number of amides is 2. The first-order valence-electron chi connectivity index (χ1n) is 11.1. The minimum Gasteiger partial charge on any atom is -0.420 e. The van der Waals surface area contributed by atoms with Gasteiger partial charge in [0.2, 0.25) is 17.7 Å². The van der Waals surface area contributed by atoms with Crippen molar-refractivity contribution in [1.29, 1.82) is 0 Å². The first kappa shape index (κ1) is 24.1. The highest BCUT2D eigenvalue weighted by molar-refractivity contribution is 8.26. The fourth-order valence-corrected chi connectivity index (χ4v) is 5.57. The zero-order valence-corrected chi connectivity index (χ0v) is 21.4. The zero-order valence-electron chi connectivity index (χ0n) is 18.9. The lowest BCUT2D eigenvalue weighted by Gasteiger charge is -2.14. The maximum atomic E-state index is 12.7. The number of thiophene rings is 1. The molecular weight excluding hydrogens is 513 g/mol. The molecule has 1 aliphatic rings. The second-order valence-corrected chi connectivity index (χ2v) is 10.5. The van der Waals surface area contributed by atoms with Crippen molar-refractivity contribution in [2.75, 3.05) is 11.9 Å². The second-order valence-electron chi connectivity index (χ2n) is 7.89. The van der Waals surface area contributed by atoms with Crippen LogP contribution in [0.5, 0.6) is 0 Å². The van der Waals surface area contributed by atoms with Crippen molar-refractivity contribution < 1.29 is 14.0 Å². The maximum absolute atomic E-state index is 12.7. The molecule has 0 aliphatic carbocycles. The van der Waals surface area contributed by atoms with Gasteiger partial charge in [-0.2, -0.15) is 0 Å². The van der Waals surface area contributed by atoms with Crippen LogP contribution in [-0.2, 0) is 16.0 Å². The number of hydrogen-bond acceptors (Lipinski definition) is 8. The van der Waals surface area contributed by atoms with E-state index < -0.39 is 0 Å².